The molecule has 0 unspecified atom stereocenters. The van der Waals surface area contributed by atoms with Crippen LogP contribution in [0.25, 0.3) is 22.2 Å². The topological polar surface area (TPSA) is 56.3 Å². The second-order valence-electron chi connectivity index (χ2n) is 8.44. The lowest BCUT2D eigenvalue weighted by atomic mass is 9.93. The van der Waals surface area contributed by atoms with Gasteiger partial charge in [0.05, 0.1) is 11.3 Å². The smallest absolute Gasteiger partial charge is 0.198 e. The summed E-state index contributed by atoms with van der Waals surface area (Å²) in [6, 6.07) is 13.2. The lowest BCUT2D eigenvalue weighted by molar-refractivity contribution is 0.315. The van der Waals surface area contributed by atoms with Crippen molar-refractivity contribution in [2.75, 3.05) is 32.1 Å². The van der Waals surface area contributed by atoms with Gasteiger partial charge in [-0.2, -0.15) is 5.26 Å². The molecular formula is C24H28N4O. The minimum Gasteiger partial charge on any atom is -0.438 e. The Hall–Kier alpha value is -2.84. The molecule has 0 aliphatic carbocycles. The van der Waals surface area contributed by atoms with Crippen molar-refractivity contribution in [2.24, 2.45) is 0 Å². The first-order valence-electron chi connectivity index (χ1n) is 10.3. The Balaban J connectivity index is 2.04. The van der Waals surface area contributed by atoms with Gasteiger partial charge in [0.2, 0.25) is 0 Å². The van der Waals surface area contributed by atoms with E-state index >= 15 is 0 Å². The Labute approximate surface area is 172 Å². The van der Waals surface area contributed by atoms with Crippen LogP contribution in [0, 0.1) is 18.3 Å². The Morgan fingerprint density at radius 1 is 1.24 bits per heavy atom. The summed E-state index contributed by atoms with van der Waals surface area (Å²) >= 11 is 0. The van der Waals surface area contributed by atoms with Crippen molar-refractivity contribution in [2.45, 2.75) is 39.2 Å². The zero-order chi connectivity index (χ0) is 20.7. The predicted octanol–water partition coefficient (Wildman–Crippen LogP) is 4.94. The van der Waals surface area contributed by atoms with Gasteiger partial charge >= 0.3 is 0 Å². The van der Waals surface area contributed by atoms with Crippen LogP contribution < -0.4 is 4.90 Å². The second-order valence-corrected chi connectivity index (χ2v) is 8.44. The Morgan fingerprint density at radius 3 is 2.55 bits per heavy atom. The highest BCUT2D eigenvalue weighted by Gasteiger charge is 2.31. The van der Waals surface area contributed by atoms with Crippen LogP contribution in [0.5, 0.6) is 0 Å². The number of hydrogen-bond donors (Lipinski definition) is 0. The summed E-state index contributed by atoms with van der Waals surface area (Å²) in [5.41, 5.74) is 6.28. The third-order valence-corrected chi connectivity index (χ3v) is 5.96. The molecule has 0 saturated carbocycles. The van der Waals surface area contributed by atoms with Crippen molar-refractivity contribution in [3.8, 4) is 17.2 Å². The van der Waals surface area contributed by atoms with E-state index in [1.165, 1.54) is 0 Å². The van der Waals surface area contributed by atoms with Crippen LogP contribution in [0.1, 0.15) is 43.2 Å². The molecule has 1 fully saturated rings. The first-order valence-corrected chi connectivity index (χ1v) is 10.3. The van der Waals surface area contributed by atoms with Gasteiger partial charge in [-0.1, -0.05) is 44.2 Å². The molecule has 0 amide bonds. The summed E-state index contributed by atoms with van der Waals surface area (Å²) in [4.78, 5) is 9.44. The van der Waals surface area contributed by atoms with E-state index in [4.69, 9.17) is 9.40 Å². The molecule has 1 atom stereocenters. The number of nitrogens with zero attached hydrogens (tertiary/aromatic N) is 4. The molecule has 5 heteroatoms. The molecule has 29 heavy (non-hydrogen) atoms. The number of rotatable bonds is 4. The molecule has 3 aromatic rings. The van der Waals surface area contributed by atoms with Gasteiger partial charge in [-0.25, -0.2) is 4.98 Å². The Kier molecular flexibility index (Phi) is 5.06. The summed E-state index contributed by atoms with van der Waals surface area (Å²) in [6.07, 6.45) is 1.10. The van der Waals surface area contributed by atoms with Crippen LogP contribution in [0.15, 0.2) is 34.7 Å². The van der Waals surface area contributed by atoms with Crippen LogP contribution in [0.4, 0.5) is 5.69 Å². The third-order valence-electron chi connectivity index (χ3n) is 5.96. The third kappa shape index (κ3) is 3.28. The van der Waals surface area contributed by atoms with Gasteiger partial charge in [0.1, 0.15) is 11.6 Å². The standard InChI is InChI=1S/C24H28N4O/c1-15(2)24-26-21-19(13-25)16(3)20(17-9-7-6-8-10-17)22(23(21)29-24)28-12-11-18(14-28)27(4)5/h6-10,15,18H,11-12,14H2,1-5H3/t18-/m0/s1. The van der Waals surface area contributed by atoms with Crippen molar-refractivity contribution in [3.05, 3.63) is 47.3 Å². The maximum absolute atomic E-state index is 9.95. The number of hydrogen-bond acceptors (Lipinski definition) is 5. The van der Waals surface area contributed by atoms with Crippen molar-refractivity contribution < 1.29 is 4.42 Å². The van der Waals surface area contributed by atoms with Crippen molar-refractivity contribution >= 4 is 16.8 Å². The van der Waals surface area contributed by atoms with E-state index in [1.54, 1.807) is 0 Å². The zero-order valence-electron chi connectivity index (χ0n) is 17.9. The molecule has 1 aliphatic heterocycles. The van der Waals surface area contributed by atoms with Crippen LogP contribution in [-0.4, -0.2) is 43.1 Å². The first-order chi connectivity index (χ1) is 13.9. The quantitative estimate of drug-likeness (QED) is 0.634. The summed E-state index contributed by atoms with van der Waals surface area (Å²) in [5, 5.41) is 9.95. The first kappa shape index (κ1) is 19.5. The van der Waals surface area contributed by atoms with E-state index in [0.29, 0.717) is 23.0 Å². The van der Waals surface area contributed by atoms with Crippen LogP contribution in [-0.2, 0) is 0 Å². The predicted molar refractivity (Wildman–Crippen MR) is 117 cm³/mol. The SMILES string of the molecule is Cc1c(-c2ccccc2)c(N2CC[C@H](N(C)C)C2)c2oc(C(C)C)nc2c1C#N. The monoisotopic (exact) mass is 388 g/mol. The lowest BCUT2D eigenvalue weighted by Gasteiger charge is -2.25. The summed E-state index contributed by atoms with van der Waals surface area (Å²) in [5.74, 6) is 0.848. The van der Waals surface area contributed by atoms with Gasteiger partial charge in [0.25, 0.3) is 0 Å². The normalized spacial score (nSPS) is 16.9. The Bertz CT molecular complexity index is 1080. The fraction of sp³-hybridized carbons (Fsp3) is 0.417. The number of benzene rings is 2. The minimum absolute atomic E-state index is 0.162. The second kappa shape index (κ2) is 7.53. The van der Waals surface area contributed by atoms with E-state index in [9.17, 15) is 5.26 Å². The lowest BCUT2D eigenvalue weighted by Crippen LogP contribution is -2.31. The summed E-state index contributed by atoms with van der Waals surface area (Å²) in [6.45, 7) is 8.07. The highest BCUT2D eigenvalue weighted by molar-refractivity contribution is 6.02. The van der Waals surface area contributed by atoms with E-state index in [2.05, 4.69) is 55.9 Å². The number of likely N-dealkylation sites (N-methyl/N-ethyl adjacent to an activating group) is 1. The molecule has 1 aromatic heterocycles. The van der Waals surface area contributed by atoms with Gasteiger partial charge in [0, 0.05) is 30.6 Å². The Morgan fingerprint density at radius 2 is 1.97 bits per heavy atom. The molecular weight excluding hydrogens is 360 g/mol. The van der Waals surface area contributed by atoms with Gasteiger partial charge in [-0.05, 0) is 38.6 Å². The molecule has 2 heterocycles. The van der Waals surface area contributed by atoms with E-state index in [1.807, 2.05) is 25.1 Å². The van der Waals surface area contributed by atoms with Crippen molar-refractivity contribution in [1.82, 2.24) is 9.88 Å². The van der Waals surface area contributed by atoms with Crippen LogP contribution in [0.2, 0.25) is 0 Å². The van der Waals surface area contributed by atoms with Crippen LogP contribution in [0.3, 0.4) is 0 Å². The molecule has 4 rings (SSSR count). The highest BCUT2D eigenvalue weighted by atomic mass is 16.3. The molecule has 0 N–H and O–H groups in total. The average molecular weight is 389 g/mol. The maximum Gasteiger partial charge on any atom is 0.198 e. The largest absolute Gasteiger partial charge is 0.438 e. The number of aromatic nitrogens is 1. The maximum atomic E-state index is 9.95. The zero-order valence-corrected chi connectivity index (χ0v) is 17.9. The molecule has 5 nitrogen and oxygen atoms in total. The minimum atomic E-state index is 0.162. The summed E-state index contributed by atoms with van der Waals surface area (Å²) < 4.78 is 6.31. The van der Waals surface area contributed by atoms with Gasteiger partial charge in [-0.15, -0.1) is 0 Å². The van der Waals surface area contributed by atoms with E-state index < -0.39 is 0 Å². The van der Waals surface area contributed by atoms with E-state index in [0.717, 1.165) is 47.5 Å². The fourth-order valence-corrected chi connectivity index (χ4v) is 4.27. The van der Waals surface area contributed by atoms with Crippen LogP contribution >= 0.6 is 0 Å². The molecule has 0 spiro atoms. The number of anilines is 1. The molecule has 0 radical (unpaired) electrons. The number of fused-ring (bicyclic) bond motifs is 1. The van der Waals surface area contributed by atoms with Gasteiger partial charge in [-0.3, -0.25) is 0 Å². The van der Waals surface area contributed by atoms with Crippen molar-refractivity contribution in [3.63, 3.8) is 0 Å². The van der Waals surface area contributed by atoms with Gasteiger partial charge < -0.3 is 14.2 Å². The highest BCUT2D eigenvalue weighted by Crippen LogP contribution is 2.44. The number of nitriles is 1. The number of oxazole rings is 1. The molecule has 1 saturated heterocycles. The molecule has 150 valence electrons. The fourth-order valence-electron chi connectivity index (χ4n) is 4.27. The average Bonchev–Trinajstić information content (AvgIpc) is 3.35. The molecule has 1 aliphatic rings. The molecule has 2 aromatic carbocycles. The molecule has 0 bridgehead atoms. The summed E-state index contributed by atoms with van der Waals surface area (Å²) in [7, 11) is 4.27. The van der Waals surface area contributed by atoms with Crippen molar-refractivity contribution in [1.29, 1.82) is 5.26 Å². The van der Waals surface area contributed by atoms with E-state index in [-0.39, 0.29) is 5.92 Å². The van der Waals surface area contributed by atoms with Gasteiger partial charge in [0.15, 0.2) is 11.5 Å².